The highest BCUT2D eigenvalue weighted by Gasteiger charge is 2.27. The molecule has 10 heteroatoms. The molecule has 0 spiro atoms. The third kappa shape index (κ3) is 6.31. The molecule has 190 valence electrons. The first kappa shape index (κ1) is 25.8. The van der Waals surface area contributed by atoms with Gasteiger partial charge in [0, 0.05) is 43.5 Å². The van der Waals surface area contributed by atoms with Gasteiger partial charge in [-0.15, -0.1) is 0 Å². The van der Waals surface area contributed by atoms with E-state index in [-0.39, 0.29) is 23.9 Å². The molecule has 0 radical (unpaired) electrons. The van der Waals surface area contributed by atoms with Crippen LogP contribution in [0.25, 0.3) is 10.8 Å². The summed E-state index contributed by atoms with van der Waals surface area (Å²) in [6, 6.07) is 17.9. The Bertz CT molecular complexity index is 1410. The molecule has 2 aromatic heterocycles. The predicted octanol–water partition coefficient (Wildman–Crippen LogP) is 5.36. The number of aromatic nitrogens is 2. The first-order valence-electron chi connectivity index (χ1n) is 11.5. The molecule has 0 fully saturated rings. The van der Waals surface area contributed by atoms with Crippen molar-refractivity contribution in [3.05, 3.63) is 101 Å². The number of likely N-dealkylation sites (N-methyl/N-ethyl adjacent to an activating group) is 1. The Morgan fingerprint density at radius 3 is 2.54 bits per heavy atom. The third-order valence-corrected chi connectivity index (χ3v) is 6.44. The number of fused-ring (bicyclic) bond motifs is 1. The van der Waals surface area contributed by atoms with E-state index < -0.39 is 24.0 Å². The first-order valence-corrected chi connectivity index (χ1v) is 11.9. The second-order valence-corrected chi connectivity index (χ2v) is 8.82. The Morgan fingerprint density at radius 2 is 1.81 bits per heavy atom. The summed E-state index contributed by atoms with van der Waals surface area (Å²) in [6.45, 7) is -0.0488. The van der Waals surface area contributed by atoms with Crippen molar-refractivity contribution in [1.82, 2.24) is 20.2 Å². The van der Waals surface area contributed by atoms with Crippen LogP contribution in [-0.2, 0) is 13.0 Å². The van der Waals surface area contributed by atoms with E-state index in [0.717, 1.165) is 15.7 Å². The number of anilines is 1. The fourth-order valence-electron chi connectivity index (χ4n) is 3.93. The third-order valence-electron chi connectivity index (χ3n) is 6.02. The van der Waals surface area contributed by atoms with Gasteiger partial charge in [-0.3, -0.25) is 9.88 Å². The van der Waals surface area contributed by atoms with Crippen molar-refractivity contribution in [2.75, 3.05) is 18.5 Å². The number of carboxylic acid groups (broad SMARTS) is 1. The van der Waals surface area contributed by atoms with Crippen LogP contribution in [-0.4, -0.2) is 51.7 Å². The molecule has 0 aliphatic heterocycles. The van der Waals surface area contributed by atoms with Crippen molar-refractivity contribution in [3.63, 3.8) is 0 Å². The van der Waals surface area contributed by atoms with E-state index in [1.54, 1.807) is 37.6 Å². The highest BCUT2D eigenvalue weighted by Crippen LogP contribution is 2.22. The van der Waals surface area contributed by atoms with E-state index in [4.69, 9.17) is 11.6 Å². The SMILES string of the molecule is CN(C(=O)NCc1cccc(F)c1Cl)C(Cc1ccccn1)CN(C(=O)O)c1cc2ccccc2cn1. The number of halogens is 2. The summed E-state index contributed by atoms with van der Waals surface area (Å²) in [5.74, 6) is -0.327. The molecule has 2 heterocycles. The first-order chi connectivity index (χ1) is 17.8. The van der Waals surface area contributed by atoms with Gasteiger partial charge in [0.15, 0.2) is 0 Å². The second-order valence-electron chi connectivity index (χ2n) is 8.44. The Balaban J connectivity index is 1.57. The molecule has 0 bridgehead atoms. The summed E-state index contributed by atoms with van der Waals surface area (Å²) in [7, 11) is 1.57. The van der Waals surface area contributed by atoms with Crippen LogP contribution in [0.4, 0.5) is 19.8 Å². The summed E-state index contributed by atoms with van der Waals surface area (Å²) < 4.78 is 13.8. The minimum Gasteiger partial charge on any atom is -0.465 e. The lowest BCUT2D eigenvalue weighted by atomic mass is 10.1. The van der Waals surface area contributed by atoms with Gasteiger partial charge in [0.2, 0.25) is 0 Å². The molecule has 1 atom stereocenters. The summed E-state index contributed by atoms with van der Waals surface area (Å²) in [6.07, 6.45) is 2.35. The van der Waals surface area contributed by atoms with Gasteiger partial charge in [-0.25, -0.2) is 19.0 Å². The molecule has 1 unspecified atom stereocenters. The van der Waals surface area contributed by atoms with Crippen LogP contribution in [0.3, 0.4) is 0 Å². The van der Waals surface area contributed by atoms with E-state index in [1.165, 1.54) is 17.0 Å². The Labute approximate surface area is 218 Å². The van der Waals surface area contributed by atoms with Crippen molar-refractivity contribution in [2.24, 2.45) is 0 Å². The van der Waals surface area contributed by atoms with Gasteiger partial charge in [-0.1, -0.05) is 54.1 Å². The van der Waals surface area contributed by atoms with E-state index in [9.17, 15) is 19.1 Å². The fraction of sp³-hybridized carbons (Fsp3) is 0.185. The summed E-state index contributed by atoms with van der Waals surface area (Å²) in [5.41, 5.74) is 1.12. The van der Waals surface area contributed by atoms with E-state index in [2.05, 4.69) is 15.3 Å². The van der Waals surface area contributed by atoms with Crippen LogP contribution < -0.4 is 10.2 Å². The number of hydrogen-bond acceptors (Lipinski definition) is 4. The lowest BCUT2D eigenvalue weighted by molar-refractivity contribution is 0.182. The molecule has 0 saturated heterocycles. The van der Waals surface area contributed by atoms with Gasteiger partial charge >= 0.3 is 12.1 Å². The zero-order valence-corrected chi connectivity index (χ0v) is 20.8. The molecule has 4 aromatic rings. The normalized spacial score (nSPS) is 11.6. The number of urea groups is 1. The summed E-state index contributed by atoms with van der Waals surface area (Å²) in [5, 5.41) is 14.4. The number of nitrogens with zero attached hydrogens (tertiary/aromatic N) is 4. The number of nitrogens with one attached hydrogen (secondary N) is 1. The maximum atomic E-state index is 13.8. The Hall–Kier alpha value is -4.24. The minimum absolute atomic E-state index is 0.00491. The number of hydrogen-bond donors (Lipinski definition) is 2. The minimum atomic E-state index is -1.20. The molecular weight excluding hydrogens is 497 g/mol. The molecular formula is C27H25ClFN5O3. The number of pyridine rings is 2. The predicted molar refractivity (Wildman–Crippen MR) is 140 cm³/mol. The molecule has 2 aromatic carbocycles. The number of carbonyl (C=O) groups is 2. The largest absolute Gasteiger partial charge is 0.465 e. The van der Waals surface area contributed by atoms with Crippen molar-refractivity contribution < 1.29 is 19.1 Å². The van der Waals surface area contributed by atoms with Gasteiger partial charge in [-0.05, 0) is 35.2 Å². The van der Waals surface area contributed by atoms with E-state index in [1.807, 2.05) is 36.4 Å². The fourth-order valence-corrected chi connectivity index (χ4v) is 4.12. The highest BCUT2D eigenvalue weighted by molar-refractivity contribution is 6.31. The quantitative estimate of drug-likeness (QED) is 0.325. The molecule has 3 amide bonds. The van der Waals surface area contributed by atoms with Crippen LogP contribution in [0.2, 0.25) is 5.02 Å². The van der Waals surface area contributed by atoms with Gasteiger partial charge in [0.1, 0.15) is 11.6 Å². The van der Waals surface area contributed by atoms with Gasteiger partial charge < -0.3 is 15.3 Å². The highest BCUT2D eigenvalue weighted by atomic mass is 35.5. The van der Waals surface area contributed by atoms with Gasteiger partial charge in [0.25, 0.3) is 0 Å². The monoisotopic (exact) mass is 521 g/mol. The number of amides is 3. The van der Waals surface area contributed by atoms with Gasteiger partial charge in [0.05, 0.1) is 17.6 Å². The summed E-state index contributed by atoms with van der Waals surface area (Å²) in [4.78, 5) is 36.6. The Morgan fingerprint density at radius 1 is 1.05 bits per heavy atom. The maximum Gasteiger partial charge on any atom is 0.413 e. The number of rotatable bonds is 8. The molecule has 0 aliphatic rings. The molecule has 37 heavy (non-hydrogen) atoms. The lowest BCUT2D eigenvalue weighted by Crippen LogP contribution is -2.50. The van der Waals surface area contributed by atoms with Crippen molar-refractivity contribution >= 4 is 40.3 Å². The second kappa shape index (κ2) is 11.7. The lowest BCUT2D eigenvalue weighted by Gasteiger charge is -2.32. The standard InChI is InChI=1S/C27H25ClFN5O3/c1-33(26(35)32-16-20-9-6-11-23(29)25(20)28)22(14-21-10-4-5-12-30-21)17-34(27(36)37)24-13-18-7-2-3-8-19(18)15-31-24/h2-13,15,22H,14,16-17H2,1H3,(H,32,35)(H,36,37). The van der Waals surface area contributed by atoms with Crippen molar-refractivity contribution in [3.8, 4) is 0 Å². The average Bonchev–Trinajstić information content (AvgIpc) is 2.91. The molecule has 0 aliphatic carbocycles. The van der Waals surface area contributed by atoms with Crippen LogP contribution >= 0.6 is 11.6 Å². The Kier molecular flexibility index (Phi) is 8.15. The van der Waals surface area contributed by atoms with E-state index in [0.29, 0.717) is 17.7 Å². The smallest absolute Gasteiger partial charge is 0.413 e. The van der Waals surface area contributed by atoms with Gasteiger partial charge in [-0.2, -0.15) is 0 Å². The number of carbonyl (C=O) groups excluding carboxylic acids is 1. The number of benzene rings is 2. The van der Waals surface area contributed by atoms with Crippen molar-refractivity contribution in [2.45, 2.75) is 19.0 Å². The molecule has 8 nitrogen and oxygen atoms in total. The topological polar surface area (TPSA) is 98.7 Å². The zero-order valence-electron chi connectivity index (χ0n) is 20.0. The van der Waals surface area contributed by atoms with Crippen LogP contribution in [0.5, 0.6) is 0 Å². The summed E-state index contributed by atoms with van der Waals surface area (Å²) >= 11 is 6.01. The molecule has 2 N–H and O–H groups in total. The zero-order chi connectivity index (χ0) is 26.4. The van der Waals surface area contributed by atoms with Crippen LogP contribution in [0, 0.1) is 5.82 Å². The molecule has 4 rings (SSSR count). The van der Waals surface area contributed by atoms with Crippen molar-refractivity contribution in [1.29, 1.82) is 0 Å². The maximum absolute atomic E-state index is 13.8. The molecule has 0 saturated carbocycles. The van der Waals surface area contributed by atoms with Crippen LogP contribution in [0.15, 0.2) is 79.1 Å². The van der Waals surface area contributed by atoms with E-state index >= 15 is 0 Å². The van der Waals surface area contributed by atoms with Crippen LogP contribution in [0.1, 0.15) is 11.3 Å². The average molecular weight is 522 g/mol.